The van der Waals surface area contributed by atoms with Gasteiger partial charge in [-0.3, -0.25) is 0 Å². The van der Waals surface area contributed by atoms with Crippen LogP contribution in [0.15, 0.2) is 54.9 Å². The molecule has 4 rings (SSSR count). The molecule has 5 nitrogen and oxygen atoms in total. The molecule has 0 saturated carbocycles. The van der Waals surface area contributed by atoms with Gasteiger partial charge in [-0.2, -0.15) is 5.10 Å². The van der Waals surface area contributed by atoms with Crippen molar-refractivity contribution in [1.29, 1.82) is 0 Å². The molecule has 1 unspecified atom stereocenters. The minimum absolute atomic E-state index is 0.220. The number of hydrogen-bond donors (Lipinski definition) is 1. The Hall–Kier alpha value is -2.92. The summed E-state index contributed by atoms with van der Waals surface area (Å²) >= 11 is 6.86. The van der Waals surface area contributed by atoms with E-state index in [9.17, 15) is 0 Å². The van der Waals surface area contributed by atoms with Crippen molar-refractivity contribution in [3.05, 3.63) is 71.5 Å². The molecule has 1 atom stereocenters. The van der Waals surface area contributed by atoms with Crippen molar-refractivity contribution < 1.29 is 0 Å². The fraction of sp³-hybridized carbons (Fsp3) is 0.261. The second kappa shape index (κ2) is 8.21. The van der Waals surface area contributed by atoms with Crippen molar-refractivity contribution in [2.24, 2.45) is 0 Å². The molecule has 0 radical (unpaired) electrons. The molecule has 2 aromatic heterocycles. The Labute approximate surface area is 175 Å². The van der Waals surface area contributed by atoms with E-state index in [0.29, 0.717) is 18.0 Å². The van der Waals surface area contributed by atoms with E-state index in [4.69, 9.17) is 22.4 Å². The Kier molecular flexibility index (Phi) is 5.49. The van der Waals surface area contributed by atoms with Crippen molar-refractivity contribution in [2.45, 2.75) is 38.6 Å². The first-order valence-electron chi connectivity index (χ1n) is 9.84. The van der Waals surface area contributed by atoms with Gasteiger partial charge in [-0.15, -0.1) is 11.6 Å². The zero-order valence-corrected chi connectivity index (χ0v) is 17.4. The zero-order valence-electron chi connectivity index (χ0n) is 16.6. The summed E-state index contributed by atoms with van der Waals surface area (Å²) in [4.78, 5) is 8.64. The second-order valence-corrected chi connectivity index (χ2v) is 7.80. The summed E-state index contributed by atoms with van der Waals surface area (Å²) in [5.41, 5.74) is 12.3. The molecule has 4 aromatic rings. The summed E-state index contributed by atoms with van der Waals surface area (Å²) in [6.45, 7) is 4.74. The second-order valence-electron chi connectivity index (χ2n) is 7.27. The molecule has 6 heteroatoms. The Bertz CT molecular complexity index is 1130. The Morgan fingerprint density at radius 3 is 2.59 bits per heavy atom. The van der Waals surface area contributed by atoms with Gasteiger partial charge in [-0.25, -0.2) is 14.6 Å². The van der Waals surface area contributed by atoms with Gasteiger partial charge in [-0.1, -0.05) is 67.4 Å². The van der Waals surface area contributed by atoms with Crippen LogP contribution in [0.2, 0.25) is 0 Å². The maximum atomic E-state index is 6.86. The summed E-state index contributed by atoms with van der Waals surface area (Å²) in [6, 6.07) is 16.5. The van der Waals surface area contributed by atoms with E-state index in [1.54, 1.807) is 0 Å². The lowest BCUT2D eigenvalue weighted by Crippen LogP contribution is -2.09. The number of benzene rings is 2. The lowest BCUT2D eigenvalue weighted by Gasteiger charge is -2.15. The Balaban J connectivity index is 1.77. The molecule has 2 N–H and O–H groups in total. The van der Waals surface area contributed by atoms with Crippen LogP contribution in [0.1, 0.15) is 35.4 Å². The normalized spacial score (nSPS) is 12.4. The summed E-state index contributed by atoms with van der Waals surface area (Å²) < 4.78 is 1.85. The first kappa shape index (κ1) is 19.4. The van der Waals surface area contributed by atoms with Crippen molar-refractivity contribution in [1.82, 2.24) is 19.7 Å². The summed E-state index contributed by atoms with van der Waals surface area (Å²) in [5, 5.41) is 5.39. The van der Waals surface area contributed by atoms with E-state index in [1.807, 2.05) is 22.9 Å². The van der Waals surface area contributed by atoms with Crippen molar-refractivity contribution in [3.63, 3.8) is 0 Å². The van der Waals surface area contributed by atoms with Crippen LogP contribution in [0.5, 0.6) is 0 Å². The van der Waals surface area contributed by atoms with Crippen LogP contribution in [0.25, 0.3) is 22.3 Å². The summed E-state index contributed by atoms with van der Waals surface area (Å²) in [7, 11) is 0. The third-order valence-electron chi connectivity index (χ3n) is 5.13. The number of anilines is 1. The molecular weight excluding hydrogens is 382 g/mol. The lowest BCUT2D eigenvalue weighted by molar-refractivity contribution is 0.614. The number of hydrogen-bond acceptors (Lipinski definition) is 4. The smallest absolute Gasteiger partial charge is 0.164 e. The highest BCUT2D eigenvalue weighted by molar-refractivity contribution is 6.20. The third-order valence-corrected chi connectivity index (χ3v) is 5.50. The molecule has 148 valence electrons. The number of aryl methyl sites for hydroxylation is 2. The average Bonchev–Trinajstić information content (AvgIpc) is 3.09. The van der Waals surface area contributed by atoms with Crippen LogP contribution in [-0.4, -0.2) is 19.7 Å². The van der Waals surface area contributed by atoms with E-state index in [0.717, 1.165) is 35.0 Å². The van der Waals surface area contributed by atoms with Gasteiger partial charge in [0.2, 0.25) is 0 Å². The average molecular weight is 406 g/mol. The van der Waals surface area contributed by atoms with Gasteiger partial charge in [0, 0.05) is 5.56 Å². The number of halogens is 1. The fourth-order valence-corrected chi connectivity index (χ4v) is 4.00. The molecular formula is C23H24ClN5. The molecule has 0 amide bonds. The Morgan fingerprint density at radius 2 is 1.83 bits per heavy atom. The van der Waals surface area contributed by atoms with Gasteiger partial charge in [0.15, 0.2) is 5.65 Å². The van der Waals surface area contributed by atoms with Crippen molar-refractivity contribution >= 4 is 28.5 Å². The SMILES string of the molecule is CCCc1ccccc1C(Cl)Cn1nc(-c2ccc(C)cc2)c2c(N)ncnc21. The fourth-order valence-electron chi connectivity index (χ4n) is 3.66. The van der Waals surface area contributed by atoms with Crippen molar-refractivity contribution in [3.8, 4) is 11.3 Å². The zero-order chi connectivity index (χ0) is 20.4. The minimum Gasteiger partial charge on any atom is -0.383 e. The maximum Gasteiger partial charge on any atom is 0.164 e. The molecule has 29 heavy (non-hydrogen) atoms. The number of nitrogens with zero attached hydrogens (tertiary/aromatic N) is 4. The van der Waals surface area contributed by atoms with Gasteiger partial charge >= 0.3 is 0 Å². The van der Waals surface area contributed by atoms with Crippen LogP contribution in [0, 0.1) is 6.92 Å². The number of alkyl halides is 1. The topological polar surface area (TPSA) is 69.6 Å². The van der Waals surface area contributed by atoms with E-state index >= 15 is 0 Å². The van der Waals surface area contributed by atoms with E-state index in [-0.39, 0.29) is 5.38 Å². The van der Waals surface area contributed by atoms with Crippen LogP contribution < -0.4 is 5.73 Å². The molecule has 2 aromatic carbocycles. The molecule has 0 aliphatic rings. The summed E-state index contributed by atoms with van der Waals surface area (Å²) in [5.74, 6) is 0.425. The monoisotopic (exact) mass is 405 g/mol. The van der Waals surface area contributed by atoms with Crippen LogP contribution in [0.3, 0.4) is 0 Å². The minimum atomic E-state index is -0.220. The van der Waals surface area contributed by atoms with E-state index in [1.165, 1.54) is 17.5 Å². The van der Waals surface area contributed by atoms with Gasteiger partial charge < -0.3 is 5.73 Å². The summed E-state index contributed by atoms with van der Waals surface area (Å²) in [6.07, 6.45) is 3.55. The number of fused-ring (bicyclic) bond motifs is 1. The van der Waals surface area contributed by atoms with Crippen LogP contribution in [-0.2, 0) is 13.0 Å². The quantitative estimate of drug-likeness (QED) is 0.441. The van der Waals surface area contributed by atoms with Crippen molar-refractivity contribution in [2.75, 3.05) is 5.73 Å². The molecule has 0 saturated heterocycles. The molecule has 0 fully saturated rings. The number of nitrogen functional groups attached to an aromatic ring is 1. The first-order valence-corrected chi connectivity index (χ1v) is 10.3. The van der Waals surface area contributed by atoms with Gasteiger partial charge in [-0.05, 0) is 24.5 Å². The van der Waals surface area contributed by atoms with E-state index < -0.39 is 0 Å². The number of nitrogens with two attached hydrogens (primary N) is 1. The van der Waals surface area contributed by atoms with Gasteiger partial charge in [0.25, 0.3) is 0 Å². The highest BCUT2D eigenvalue weighted by Gasteiger charge is 2.20. The van der Waals surface area contributed by atoms with E-state index in [2.05, 4.69) is 54.1 Å². The largest absolute Gasteiger partial charge is 0.383 e. The molecule has 0 bridgehead atoms. The predicted octanol–water partition coefficient (Wildman–Crippen LogP) is 5.32. The van der Waals surface area contributed by atoms with Gasteiger partial charge in [0.05, 0.1) is 17.3 Å². The number of aromatic nitrogens is 4. The Morgan fingerprint density at radius 1 is 1.07 bits per heavy atom. The van der Waals surface area contributed by atoms with Gasteiger partial charge in [0.1, 0.15) is 17.8 Å². The maximum absolute atomic E-state index is 6.86. The molecule has 0 spiro atoms. The van der Waals surface area contributed by atoms with Crippen LogP contribution >= 0.6 is 11.6 Å². The predicted molar refractivity (Wildman–Crippen MR) is 119 cm³/mol. The first-order chi connectivity index (χ1) is 14.1. The standard InChI is InChI=1S/C23H24ClN5/c1-3-6-16-7-4-5-8-18(16)19(24)13-29-23-20(22(25)26-14-27-23)21(28-29)17-11-9-15(2)10-12-17/h4-5,7-12,14,19H,3,6,13H2,1-2H3,(H2,25,26,27). The molecule has 0 aliphatic heterocycles. The third kappa shape index (κ3) is 3.83. The molecule has 0 aliphatic carbocycles. The highest BCUT2D eigenvalue weighted by atomic mass is 35.5. The molecule has 2 heterocycles. The number of rotatable bonds is 6. The van der Waals surface area contributed by atoms with Crippen LogP contribution in [0.4, 0.5) is 5.82 Å². The lowest BCUT2D eigenvalue weighted by atomic mass is 10.0. The highest BCUT2D eigenvalue weighted by Crippen LogP contribution is 2.33.